The molecule has 3 aromatic rings. The standard InChI is InChI=1S/C21H15N3O5S/c1-11(17(25)13-6-4-3-5-7-13)29-20(28)14-8-9-15-16(10-14)19(27)24(18(15)26)21-23-22-12(2)30-21/h3-11H,1-2H3/t11-/m0/s1. The van der Waals surface area contributed by atoms with Gasteiger partial charge in [-0.25, -0.2) is 9.69 Å². The number of rotatable bonds is 5. The number of Topliss-reactive ketones (excluding diaryl/α,β-unsaturated/α-hetero) is 1. The van der Waals surface area contributed by atoms with Crippen LogP contribution in [0.4, 0.5) is 5.13 Å². The Morgan fingerprint density at radius 2 is 1.67 bits per heavy atom. The zero-order chi connectivity index (χ0) is 21.4. The van der Waals surface area contributed by atoms with Crippen molar-refractivity contribution in [3.8, 4) is 0 Å². The van der Waals surface area contributed by atoms with E-state index in [-0.39, 0.29) is 27.6 Å². The van der Waals surface area contributed by atoms with E-state index < -0.39 is 23.9 Å². The first-order chi connectivity index (χ1) is 14.4. The Kier molecular flexibility index (Phi) is 4.96. The highest BCUT2D eigenvalue weighted by molar-refractivity contribution is 7.15. The van der Waals surface area contributed by atoms with Crippen LogP contribution in [0.15, 0.2) is 48.5 Å². The van der Waals surface area contributed by atoms with E-state index in [0.29, 0.717) is 10.6 Å². The molecular weight excluding hydrogens is 406 g/mol. The fraction of sp³-hybridized carbons (Fsp3) is 0.143. The maximum atomic E-state index is 12.7. The molecule has 0 fully saturated rings. The summed E-state index contributed by atoms with van der Waals surface area (Å²) in [6.45, 7) is 3.19. The number of carbonyl (C=O) groups is 4. The smallest absolute Gasteiger partial charge is 0.338 e. The molecule has 2 heterocycles. The fourth-order valence-electron chi connectivity index (χ4n) is 3.04. The van der Waals surface area contributed by atoms with Gasteiger partial charge < -0.3 is 4.74 Å². The van der Waals surface area contributed by atoms with Gasteiger partial charge in [0.25, 0.3) is 11.8 Å². The summed E-state index contributed by atoms with van der Waals surface area (Å²) < 4.78 is 5.27. The minimum Gasteiger partial charge on any atom is -0.451 e. The van der Waals surface area contributed by atoms with Crippen molar-refractivity contribution in [1.29, 1.82) is 0 Å². The molecule has 0 unspecified atom stereocenters. The number of amides is 2. The molecule has 30 heavy (non-hydrogen) atoms. The van der Waals surface area contributed by atoms with Gasteiger partial charge in [-0.05, 0) is 32.0 Å². The van der Waals surface area contributed by atoms with Crippen LogP contribution in [0.5, 0.6) is 0 Å². The van der Waals surface area contributed by atoms with Gasteiger partial charge in [0.15, 0.2) is 6.10 Å². The monoisotopic (exact) mass is 421 g/mol. The quantitative estimate of drug-likeness (QED) is 0.354. The molecule has 0 saturated heterocycles. The summed E-state index contributed by atoms with van der Waals surface area (Å²) in [7, 11) is 0. The normalized spacial score (nSPS) is 13.9. The van der Waals surface area contributed by atoms with E-state index in [1.165, 1.54) is 25.1 Å². The van der Waals surface area contributed by atoms with Gasteiger partial charge in [0, 0.05) is 5.56 Å². The molecule has 1 aliphatic heterocycles. The van der Waals surface area contributed by atoms with Crippen LogP contribution in [-0.2, 0) is 4.74 Å². The van der Waals surface area contributed by atoms with Gasteiger partial charge in [0.2, 0.25) is 10.9 Å². The van der Waals surface area contributed by atoms with E-state index in [1.54, 1.807) is 37.3 Å². The first-order valence-corrected chi connectivity index (χ1v) is 9.81. The van der Waals surface area contributed by atoms with Crippen molar-refractivity contribution < 1.29 is 23.9 Å². The van der Waals surface area contributed by atoms with Crippen molar-refractivity contribution in [2.24, 2.45) is 0 Å². The highest BCUT2D eigenvalue weighted by atomic mass is 32.1. The first-order valence-electron chi connectivity index (χ1n) is 9.00. The Morgan fingerprint density at radius 3 is 2.33 bits per heavy atom. The van der Waals surface area contributed by atoms with Crippen molar-refractivity contribution >= 4 is 40.0 Å². The molecule has 9 heteroatoms. The lowest BCUT2D eigenvalue weighted by molar-refractivity contribution is 0.0318. The average Bonchev–Trinajstić information content (AvgIpc) is 3.28. The highest BCUT2D eigenvalue weighted by Crippen LogP contribution is 2.31. The molecule has 8 nitrogen and oxygen atoms in total. The number of hydrogen-bond acceptors (Lipinski definition) is 8. The molecule has 1 atom stereocenters. The molecule has 2 amide bonds. The third-order valence-corrected chi connectivity index (χ3v) is 5.36. The SMILES string of the molecule is Cc1nnc(N2C(=O)c3ccc(C(=O)O[C@@H](C)C(=O)c4ccccc4)cc3C2=O)s1. The summed E-state index contributed by atoms with van der Waals surface area (Å²) in [5.41, 5.74) is 0.732. The second kappa shape index (κ2) is 7.60. The summed E-state index contributed by atoms with van der Waals surface area (Å²) in [4.78, 5) is 51.2. The molecule has 0 bridgehead atoms. The molecule has 1 aliphatic rings. The second-order valence-electron chi connectivity index (χ2n) is 6.59. The van der Waals surface area contributed by atoms with Gasteiger partial charge >= 0.3 is 5.97 Å². The topological polar surface area (TPSA) is 107 Å². The molecule has 150 valence electrons. The molecule has 0 N–H and O–H groups in total. The number of anilines is 1. The van der Waals surface area contributed by atoms with Crippen molar-refractivity contribution in [3.63, 3.8) is 0 Å². The van der Waals surface area contributed by atoms with Gasteiger partial charge in [0.05, 0.1) is 16.7 Å². The molecule has 0 aliphatic carbocycles. The average molecular weight is 421 g/mol. The summed E-state index contributed by atoms with van der Waals surface area (Å²) >= 11 is 1.12. The fourth-order valence-corrected chi connectivity index (χ4v) is 3.72. The number of nitrogens with zero attached hydrogens (tertiary/aromatic N) is 3. The summed E-state index contributed by atoms with van der Waals surface area (Å²) in [6, 6.07) is 12.6. The van der Waals surface area contributed by atoms with E-state index in [1.807, 2.05) is 0 Å². The third-order valence-electron chi connectivity index (χ3n) is 4.54. The number of fused-ring (bicyclic) bond motifs is 1. The third kappa shape index (κ3) is 3.39. The number of ether oxygens (including phenoxy) is 1. The lowest BCUT2D eigenvalue weighted by atomic mass is 10.1. The van der Waals surface area contributed by atoms with E-state index >= 15 is 0 Å². The maximum Gasteiger partial charge on any atom is 0.338 e. The van der Waals surface area contributed by atoms with Crippen LogP contribution in [0, 0.1) is 6.92 Å². The largest absolute Gasteiger partial charge is 0.451 e. The van der Waals surface area contributed by atoms with Crippen molar-refractivity contribution in [2.45, 2.75) is 20.0 Å². The highest BCUT2D eigenvalue weighted by Gasteiger charge is 2.39. The Bertz CT molecular complexity index is 1190. The number of esters is 1. The van der Waals surface area contributed by atoms with Crippen molar-refractivity contribution in [1.82, 2.24) is 10.2 Å². The summed E-state index contributed by atoms with van der Waals surface area (Å²) in [5.74, 6) is -2.22. The Morgan fingerprint density at radius 1 is 0.967 bits per heavy atom. The number of hydrogen-bond donors (Lipinski definition) is 0. The first kappa shape index (κ1) is 19.6. The van der Waals surface area contributed by atoms with Gasteiger partial charge in [-0.2, -0.15) is 0 Å². The van der Waals surface area contributed by atoms with Crippen LogP contribution in [-0.4, -0.2) is 39.9 Å². The molecule has 2 aromatic carbocycles. The van der Waals surface area contributed by atoms with E-state index in [9.17, 15) is 19.2 Å². The van der Waals surface area contributed by atoms with Crippen LogP contribution in [0.25, 0.3) is 0 Å². The molecule has 1 aromatic heterocycles. The number of imide groups is 1. The number of aromatic nitrogens is 2. The maximum absolute atomic E-state index is 12.7. The number of ketones is 1. The zero-order valence-corrected chi connectivity index (χ0v) is 16.8. The minimum absolute atomic E-state index is 0.0675. The molecular formula is C21H15N3O5S. The Labute approximate surface area is 175 Å². The van der Waals surface area contributed by atoms with Crippen molar-refractivity contribution in [2.75, 3.05) is 4.90 Å². The van der Waals surface area contributed by atoms with Crippen LogP contribution >= 0.6 is 11.3 Å². The van der Waals surface area contributed by atoms with Crippen LogP contribution in [0.2, 0.25) is 0 Å². The minimum atomic E-state index is -1.01. The van der Waals surface area contributed by atoms with Crippen LogP contribution in [0.3, 0.4) is 0 Å². The van der Waals surface area contributed by atoms with Crippen LogP contribution < -0.4 is 4.90 Å². The van der Waals surface area contributed by atoms with Crippen LogP contribution in [0.1, 0.15) is 53.4 Å². The lowest BCUT2D eigenvalue weighted by Crippen LogP contribution is -2.29. The Balaban J connectivity index is 1.55. The van der Waals surface area contributed by atoms with Crippen molar-refractivity contribution in [3.05, 3.63) is 75.8 Å². The Hall–Kier alpha value is -3.72. The lowest BCUT2D eigenvalue weighted by Gasteiger charge is -2.12. The number of aryl methyl sites for hydroxylation is 1. The summed E-state index contributed by atoms with van der Waals surface area (Å²) in [5, 5.41) is 8.46. The van der Waals surface area contributed by atoms with Gasteiger partial charge in [-0.1, -0.05) is 41.7 Å². The van der Waals surface area contributed by atoms with E-state index in [4.69, 9.17) is 4.74 Å². The van der Waals surface area contributed by atoms with E-state index in [2.05, 4.69) is 10.2 Å². The predicted molar refractivity (Wildman–Crippen MR) is 108 cm³/mol. The van der Waals surface area contributed by atoms with Gasteiger partial charge in [-0.15, -0.1) is 10.2 Å². The number of benzene rings is 2. The zero-order valence-electron chi connectivity index (χ0n) is 16.0. The molecule has 0 radical (unpaired) electrons. The second-order valence-corrected chi connectivity index (χ2v) is 7.75. The molecule has 0 spiro atoms. The predicted octanol–water partition coefficient (Wildman–Crippen LogP) is 3.08. The summed E-state index contributed by atoms with van der Waals surface area (Å²) in [6.07, 6.45) is -1.01. The molecule has 0 saturated carbocycles. The molecule has 4 rings (SSSR count). The van der Waals surface area contributed by atoms with E-state index in [0.717, 1.165) is 16.2 Å². The number of carbonyl (C=O) groups excluding carboxylic acids is 4. The van der Waals surface area contributed by atoms with Gasteiger partial charge in [0.1, 0.15) is 5.01 Å². The van der Waals surface area contributed by atoms with Gasteiger partial charge in [-0.3, -0.25) is 14.4 Å².